The normalized spacial score (nSPS) is 18.6. The third-order valence-corrected chi connectivity index (χ3v) is 14.5. The molecular formula is C53H59F8N9O8. The summed E-state index contributed by atoms with van der Waals surface area (Å²) in [4.78, 5) is 65.6. The molecule has 3 aliphatic rings. The second kappa shape index (κ2) is 23.8. The highest BCUT2D eigenvalue weighted by molar-refractivity contribution is 5.87. The molecular weight excluding hydrogens is 1040 g/mol. The number of alkyl halides is 6. The minimum atomic E-state index is -5.20. The Bertz CT molecular complexity index is 2830. The lowest BCUT2D eigenvalue weighted by Crippen LogP contribution is -2.63. The second-order valence-corrected chi connectivity index (χ2v) is 20.6. The number of hydrogen-bond acceptors (Lipinski definition) is 12. The van der Waals surface area contributed by atoms with Gasteiger partial charge in [0.2, 0.25) is 5.91 Å². The highest BCUT2D eigenvalue weighted by Gasteiger charge is 2.57. The van der Waals surface area contributed by atoms with Crippen molar-refractivity contribution in [2.45, 2.75) is 108 Å². The summed E-state index contributed by atoms with van der Waals surface area (Å²) in [5.74, 6) is 2.16. The number of pyridine rings is 2. The summed E-state index contributed by atoms with van der Waals surface area (Å²) in [6.07, 6.45) is -11.4. The summed E-state index contributed by atoms with van der Waals surface area (Å²) in [5.41, 5.74) is -2.48. The number of carbonyl (C=O) groups excluding carboxylic acids is 3. The number of carbonyl (C=O) groups is 4. The van der Waals surface area contributed by atoms with Crippen LogP contribution in [-0.2, 0) is 32.0 Å². The molecule has 3 saturated heterocycles. The van der Waals surface area contributed by atoms with Crippen LogP contribution in [0.15, 0.2) is 79.1 Å². The number of anilines is 1. The Morgan fingerprint density at radius 2 is 1.40 bits per heavy atom. The maximum atomic E-state index is 16.0. The first kappa shape index (κ1) is 58.5. The first-order chi connectivity index (χ1) is 36.6. The number of piperazine rings is 1. The number of fused-ring (bicyclic) bond motifs is 2. The van der Waals surface area contributed by atoms with Crippen molar-refractivity contribution in [2.24, 2.45) is 10.8 Å². The molecule has 4 aromatic rings. The van der Waals surface area contributed by atoms with Crippen molar-refractivity contribution in [1.82, 2.24) is 41.3 Å². The monoisotopic (exact) mass is 1100 g/mol. The minimum absolute atomic E-state index is 0.140. The lowest BCUT2D eigenvalue weighted by atomic mass is 9.82. The molecule has 6 atom stereocenters. The second-order valence-electron chi connectivity index (χ2n) is 20.6. The number of hydrogen-bond donors (Lipinski definition) is 6. The summed E-state index contributed by atoms with van der Waals surface area (Å²) in [6.45, 7) is 3.89. The van der Waals surface area contributed by atoms with Crippen LogP contribution >= 0.6 is 0 Å². The molecule has 2 bridgehead atoms. The molecule has 2 unspecified atom stereocenters. The quantitative estimate of drug-likeness (QED) is 0.0366. The molecule has 0 radical (unpaired) electrons. The summed E-state index contributed by atoms with van der Waals surface area (Å²) < 4.78 is 126. The number of rotatable bonds is 18. The van der Waals surface area contributed by atoms with Crippen molar-refractivity contribution in [1.29, 1.82) is 0 Å². The molecule has 6 N–H and O–H groups in total. The molecule has 5 heterocycles. The number of nitrogens with zero attached hydrogens (tertiary/aromatic N) is 5. The lowest BCUT2D eigenvalue weighted by molar-refractivity contribution is -0.221. The molecule has 17 nitrogen and oxygen atoms in total. The maximum Gasteiger partial charge on any atom is 0.407 e. The molecule has 0 saturated carbocycles. The van der Waals surface area contributed by atoms with Gasteiger partial charge >= 0.3 is 24.5 Å². The number of methoxy groups -OCH3 is 1. The molecule has 420 valence electrons. The van der Waals surface area contributed by atoms with E-state index in [4.69, 9.17) is 4.74 Å². The molecule has 3 fully saturated rings. The first-order valence-corrected chi connectivity index (χ1v) is 24.7. The molecule has 7 rings (SSSR count). The van der Waals surface area contributed by atoms with Crippen LogP contribution in [0.2, 0.25) is 0 Å². The van der Waals surface area contributed by atoms with E-state index >= 15 is 4.39 Å². The minimum Gasteiger partial charge on any atom is -0.465 e. The molecule has 2 aromatic carbocycles. The molecule has 2 aromatic heterocycles. The lowest BCUT2D eigenvalue weighted by Gasteiger charge is -2.47. The van der Waals surface area contributed by atoms with Gasteiger partial charge in [-0.25, -0.2) is 28.4 Å². The van der Waals surface area contributed by atoms with Gasteiger partial charge in [0.25, 0.3) is 5.91 Å². The van der Waals surface area contributed by atoms with Gasteiger partial charge in [0.05, 0.1) is 61.2 Å². The van der Waals surface area contributed by atoms with E-state index in [1.54, 1.807) is 35.8 Å². The zero-order valence-electron chi connectivity index (χ0n) is 43.0. The van der Waals surface area contributed by atoms with Gasteiger partial charge in [0.1, 0.15) is 29.5 Å². The Balaban J connectivity index is 1.16. The Morgan fingerprint density at radius 3 is 1.92 bits per heavy atom. The van der Waals surface area contributed by atoms with Gasteiger partial charge in [-0.15, -0.1) is 0 Å². The zero-order valence-corrected chi connectivity index (χ0v) is 43.0. The fourth-order valence-corrected chi connectivity index (χ4v) is 9.52. The number of carboxylic acid groups (broad SMARTS) is 1. The van der Waals surface area contributed by atoms with Crippen molar-refractivity contribution in [3.8, 4) is 23.1 Å². The number of alkyl carbamates (subject to hydrolysis) is 1. The van der Waals surface area contributed by atoms with Crippen molar-refractivity contribution >= 4 is 29.8 Å². The predicted octanol–water partition coefficient (Wildman–Crippen LogP) is 6.33. The van der Waals surface area contributed by atoms with Crippen LogP contribution in [0.4, 0.5) is 50.5 Å². The Labute approximate surface area is 444 Å². The van der Waals surface area contributed by atoms with Crippen LogP contribution in [0.1, 0.15) is 62.8 Å². The maximum absolute atomic E-state index is 16.0. The van der Waals surface area contributed by atoms with Crippen LogP contribution in [0, 0.1) is 34.3 Å². The van der Waals surface area contributed by atoms with E-state index in [9.17, 15) is 60.1 Å². The van der Waals surface area contributed by atoms with Gasteiger partial charge in [0.15, 0.2) is 0 Å². The van der Waals surface area contributed by atoms with Crippen LogP contribution in [0.5, 0.6) is 0 Å². The van der Waals surface area contributed by atoms with Crippen LogP contribution < -0.4 is 26.3 Å². The molecule has 78 heavy (non-hydrogen) atoms. The summed E-state index contributed by atoms with van der Waals surface area (Å²) in [7, 11) is 0.849. The molecule has 0 spiro atoms. The van der Waals surface area contributed by atoms with Gasteiger partial charge < -0.3 is 40.5 Å². The number of aliphatic hydroxyl groups is 1. The number of halogens is 8. The van der Waals surface area contributed by atoms with Crippen LogP contribution in [-0.4, -0.2) is 149 Å². The Hall–Kier alpha value is -7.14. The number of amides is 4. The Morgan fingerprint density at radius 1 is 0.782 bits per heavy atom. The van der Waals surface area contributed by atoms with Gasteiger partial charge in [-0.05, 0) is 95.0 Å². The number of aliphatic hydroxyl groups excluding tert-OH is 1. The highest BCUT2D eigenvalue weighted by atomic mass is 19.4. The van der Waals surface area contributed by atoms with E-state index < -0.39 is 103 Å². The molecule has 3 aliphatic heterocycles. The van der Waals surface area contributed by atoms with Gasteiger partial charge in [0, 0.05) is 66.7 Å². The van der Waals surface area contributed by atoms with Crippen LogP contribution in [0.25, 0.3) is 11.3 Å². The van der Waals surface area contributed by atoms with Crippen molar-refractivity contribution in [2.75, 3.05) is 44.9 Å². The van der Waals surface area contributed by atoms with E-state index in [1.807, 2.05) is 17.4 Å². The number of aromatic nitrogens is 2. The topological polar surface area (TPSA) is 211 Å². The van der Waals surface area contributed by atoms with Crippen molar-refractivity contribution in [3.05, 3.63) is 113 Å². The van der Waals surface area contributed by atoms with Crippen molar-refractivity contribution < 1.29 is 74.0 Å². The third kappa shape index (κ3) is 13.8. The molecule has 4 amide bonds. The number of benzene rings is 2. The Kier molecular flexibility index (Phi) is 17.9. The highest BCUT2D eigenvalue weighted by Crippen LogP contribution is 2.42. The van der Waals surface area contributed by atoms with E-state index in [-0.39, 0.29) is 16.8 Å². The van der Waals surface area contributed by atoms with E-state index in [0.29, 0.717) is 62.5 Å². The average molecular weight is 1100 g/mol. The fourth-order valence-electron chi connectivity index (χ4n) is 9.52. The summed E-state index contributed by atoms with van der Waals surface area (Å²) in [6, 6.07) is 10.6. The number of ether oxygens (including phenoxy) is 2. The van der Waals surface area contributed by atoms with E-state index in [0.717, 1.165) is 75.4 Å². The zero-order chi connectivity index (χ0) is 56.9. The smallest absolute Gasteiger partial charge is 0.407 e. The van der Waals surface area contributed by atoms with Gasteiger partial charge in [-0.3, -0.25) is 24.9 Å². The van der Waals surface area contributed by atoms with Crippen molar-refractivity contribution in [3.63, 3.8) is 0 Å². The number of nitrogens with one attached hydrogen (secondary N) is 4. The fraction of sp³-hybridized carbons (Fsp3) is 0.472. The van der Waals surface area contributed by atoms with Crippen LogP contribution in [0.3, 0.4) is 0 Å². The SMILES string of the molecule is COC(=O)N[C@H](C(=O)N[C@@H](Cc1ccc(C#Cc2ccc(N3CC4CCC(C3)N4C3COC3)nc2)cc1)[C@@H](O)CN(Cc1ccc(-c2ccc(F)cn2)cc1F)NC(=O)[C@@H](NC(=O)O)C(C)(C)C(F)(F)F)C(C)(C)C(F)(F)F. The largest absolute Gasteiger partial charge is 0.465 e. The summed E-state index contributed by atoms with van der Waals surface area (Å²) in [5, 5.41) is 28.1. The first-order valence-electron chi connectivity index (χ1n) is 24.7. The standard InChI is InChI=1S/C53H59F8N9O8/c1-50(2,52(56,57)58)44(66-49(76)77-5)46(72)64-41(20-31-9-6-30(7-10-31)8-11-32-12-19-43(63-22-32)68-25-36-16-17-37(26-68)70(36)38-28-78-29-38)42(71)27-69(67-47(73)45(65-48(74)75)51(3,4)53(59,60)61)24-34-14-13-33(21-39(34)55)40-18-15-35(54)23-62-40/h6-7,9-10,12-15,18-19,21-23,36-38,41-42,44-45,65,71H,16-17,20,24-29H2,1-5H3,(H,64,72)(H,66,76)(H,67,73)(H,74,75)/t36?,37?,41-,42-,44+,45+/m0/s1. The van der Waals surface area contributed by atoms with E-state index in [1.165, 1.54) is 18.2 Å². The van der Waals surface area contributed by atoms with Gasteiger partial charge in [-0.1, -0.05) is 36.1 Å². The predicted molar refractivity (Wildman–Crippen MR) is 266 cm³/mol. The van der Waals surface area contributed by atoms with Gasteiger partial charge in [-0.2, -0.15) is 26.3 Å². The van der Waals surface area contributed by atoms with E-state index in [2.05, 4.69) is 47.1 Å². The number of hydrazine groups is 1. The summed E-state index contributed by atoms with van der Waals surface area (Å²) >= 11 is 0. The average Bonchev–Trinajstić information content (AvgIpc) is 3.61. The molecule has 0 aliphatic carbocycles. The third-order valence-electron chi connectivity index (χ3n) is 14.5. The molecule has 25 heteroatoms.